The third kappa shape index (κ3) is 4.86. The summed E-state index contributed by atoms with van der Waals surface area (Å²) < 4.78 is 27.2. The number of aliphatic hydroxyl groups excluding tert-OH is 1. The predicted octanol–water partition coefficient (Wildman–Crippen LogP) is 3.66. The molecule has 0 spiro atoms. The van der Waals surface area contributed by atoms with E-state index in [0.29, 0.717) is 29.2 Å². The fourth-order valence-electron chi connectivity index (χ4n) is 2.94. The van der Waals surface area contributed by atoms with E-state index in [9.17, 15) is 10.2 Å². The Hall–Kier alpha value is -3.06. The molecule has 7 nitrogen and oxygen atoms in total. The van der Waals surface area contributed by atoms with E-state index in [-0.39, 0.29) is 17.2 Å². The average Bonchev–Trinajstić information content (AvgIpc) is 2.74. The lowest BCUT2D eigenvalue weighted by Crippen LogP contribution is -2.22. The Morgan fingerprint density at radius 1 is 0.897 bits per heavy atom. The third-order valence-electron chi connectivity index (χ3n) is 4.49. The zero-order chi connectivity index (χ0) is 21.6. The van der Waals surface area contributed by atoms with E-state index in [0.717, 1.165) is 5.56 Å². The topological polar surface area (TPSA) is 86.6 Å². The van der Waals surface area contributed by atoms with Crippen LogP contribution in [-0.4, -0.2) is 44.8 Å². The van der Waals surface area contributed by atoms with Crippen molar-refractivity contribution in [2.75, 3.05) is 28.4 Å². The maximum absolute atomic E-state index is 10.8. The Bertz CT molecular complexity index is 797. The molecule has 0 saturated carbocycles. The van der Waals surface area contributed by atoms with E-state index in [4.69, 9.17) is 23.7 Å². The number of methoxy groups -OCH3 is 4. The first-order valence-corrected chi connectivity index (χ1v) is 9.05. The summed E-state index contributed by atoms with van der Waals surface area (Å²) in [7, 11) is 5.92. The second kappa shape index (κ2) is 9.93. The van der Waals surface area contributed by atoms with Crippen molar-refractivity contribution in [3.05, 3.63) is 48.0 Å². The number of ether oxygens (including phenoxy) is 5. The fraction of sp³-hybridized carbons (Fsp3) is 0.364. The number of hydrogen-bond donors (Lipinski definition) is 2. The van der Waals surface area contributed by atoms with Crippen LogP contribution in [0.15, 0.2) is 36.9 Å². The van der Waals surface area contributed by atoms with Gasteiger partial charge in [0.1, 0.15) is 12.2 Å². The maximum Gasteiger partial charge on any atom is 0.203 e. The Labute approximate surface area is 171 Å². The van der Waals surface area contributed by atoms with Gasteiger partial charge in [-0.25, -0.2) is 0 Å². The lowest BCUT2D eigenvalue weighted by atomic mass is 10.0. The third-order valence-corrected chi connectivity index (χ3v) is 4.49. The molecule has 0 aliphatic carbocycles. The van der Waals surface area contributed by atoms with Crippen molar-refractivity contribution >= 4 is 0 Å². The van der Waals surface area contributed by atoms with Gasteiger partial charge in [0.25, 0.3) is 0 Å². The lowest BCUT2D eigenvalue weighted by Gasteiger charge is -2.24. The molecule has 2 rings (SSSR count). The van der Waals surface area contributed by atoms with E-state index in [1.165, 1.54) is 40.6 Å². The Morgan fingerprint density at radius 2 is 1.38 bits per heavy atom. The molecule has 0 fully saturated rings. The van der Waals surface area contributed by atoms with Gasteiger partial charge >= 0.3 is 0 Å². The number of allylic oxidation sites excluding steroid dienone is 1. The van der Waals surface area contributed by atoms with Crippen LogP contribution >= 0.6 is 0 Å². The average molecular weight is 404 g/mol. The van der Waals surface area contributed by atoms with E-state index in [1.807, 2.05) is 12.1 Å². The quantitative estimate of drug-likeness (QED) is 0.585. The fourth-order valence-corrected chi connectivity index (χ4v) is 2.94. The number of aromatic hydroxyl groups is 1. The van der Waals surface area contributed by atoms with Gasteiger partial charge in [0.2, 0.25) is 11.5 Å². The summed E-state index contributed by atoms with van der Waals surface area (Å²) in [5, 5.41) is 20.9. The number of phenolic OH excluding ortho intramolecular Hbond substituents is 1. The summed E-state index contributed by atoms with van der Waals surface area (Å²) in [6.07, 6.45) is 0.716. The highest BCUT2D eigenvalue weighted by Crippen LogP contribution is 2.42. The van der Waals surface area contributed by atoms with Crippen LogP contribution in [0.1, 0.15) is 24.2 Å². The van der Waals surface area contributed by atoms with Gasteiger partial charge in [-0.3, -0.25) is 0 Å². The minimum atomic E-state index is -1.04. The molecule has 2 aromatic rings. The Morgan fingerprint density at radius 3 is 1.79 bits per heavy atom. The molecule has 0 aromatic heterocycles. The molecule has 0 aliphatic heterocycles. The van der Waals surface area contributed by atoms with Crippen LogP contribution in [0.25, 0.3) is 0 Å². The lowest BCUT2D eigenvalue weighted by molar-refractivity contribution is 0.0431. The van der Waals surface area contributed by atoms with Crippen molar-refractivity contribution in [2.45, 2.75) is 25.6 Å². The largest absolute Gasteiger partial charge is 0.502 e. The number of aliphatic hydroxyl groups is 1. The van der Waals surface area contributed by atoms with Crippen molar-refractivity contribution in [3.8, 4) is 34.5 Å². The molecule has 2 aromatic carbocycles. The number of phenols is 1. The van der Waals surface area contributed by atoms with Crippen molar-refractivity contribution in [1.82, 2.24) is 0 Å². The molecule has 29 heavy (non-hydrogen) atoms. The van der Waals surface area contributed by atoms with E-state index < -0.39 is 12.2 Å². The van der Waals surface area contributed by atoms with Crippen LogP contribution in [0.5, 0.6) is 34.5 Å². The van der Waals surface area contributed by atoms with Crippen LogP contribution in [0.3, 0.4) is 0 Å². The van der Waals surface area contributed by atoms with Gasteiger partial charge in [-0.15, -0.1) is 6.58 Å². The van der Waals surface area contributed by atoms with Gasteiger partial charge in [-0.05, 0) is 48.7 Å². The van der Waals surface area contributed by atoms with Gasteiger partial charge in [-0.2, -0.15) is 0 Å². The normalized spacial score (nSPS) is 12.6. The van der Waals surface area contributed by atoms with Gasteiger partial charge in [-0.1, -0.05) is 6.08 Å². The Kier molecular flexibility index (Phi) is 7.61. The van der Waals surface area contributed by atoms with Crippen LogP contribution in [-0.2, 0) is 6.42 Å². The molecule has 158 valence electrons. The van der Waals surface area contributed by atoms with Crippen molar-refractivity contribution in [1.29, 1.82) is 0 Å². The minimum Gasteiger partial charge on any atom is -0.502 e. The molecule has 0 bridgehead atoms. The molecule has 0 aliphatic rings. The SMILES string of the molecule is C=CCc1cc(OC)c(O[C@@H](C)[C@H](O)c2cc(OC)c(O)c(OC)c2)c(OC)c1. The van der Waals surface area contributed by atoms with Crippen molar-refractivity contribution in [3.63, 3.8) is 0 Å². The first-order chi connectivity index (χ1) is 13.9. The summed E-state index contributed by atoms with van der Waals surface area (Å²) in [6.45, 7) is 5.46. The maximum atomic E-state index is 10.8. The molecule has 7 heteroatoms. The summed E-state index contributed by atoms with van der Waals surface area (Å²) in [6, 6.07) is 6.74. The Balaban J connectivity index is 2.36. The highest BCUT2D eigenvalue weighted by Gasteiger charge is 2.25. The molecule has 0 heterocycles. The highest BCUT2D eigenvalue weighted by molar-refractivity contribution is 5.55. The van der Waals surface area contributed by atoms with E-state index in [2.05, 4.69) is 6.58 Å². The van der Waals surface area contributed by atoms with Crippen LogP contribution in [0.2, 0.25) is 0 Å². The monoisotopic (exact) mass is 404 g/mol. The second-order valence-electron chi connectivity index (χ2n) is 6.36. The first-order valence-electron chi connectivity index (χ1n) is 9.05. The molecular weight excluding hydrogens is 376 g/mol. The molecule has 0 saturated heterocycles. The van der Waals surface area contributed by atoms with E-state index in [1.54, 1.807) is 13.0 Å². The number of hydrogen-bond acceptors (Lipinski definition) is 7. The summed E-state index contributed by atoms with van der Waals surface area (Å²) in [5.74, 6) is 1.60. The molecular formula is C22H28O7. The van der Waals surface area contributed by atoms with Crippen LogP contribution in [0.4, 0.5) is 0 Å². The predicted molar refractivity (Wildman–Crippen MR) is 110 cm³/mol. The van der Waals surface area contributed by atoms with Gasteiger partial charge in [0, 0.05) is 0 Å². The molecule has 0 unspecified atom stereocenters. The summed E-state index contributed by atoms with van der Waals surface area (Å²) >= 11 is 0. The molecule has 2 N–H and O–H groups in total. The van der Waals surface area contributed by atoms with Crippen molar-refractivity contribution < 1.29 is 33.9 Å². The standard InChI is InChI=1S/C22H28O7/c1-7-8-14-9-18(27-5)22(19(10-14)28-6)29-13(2)20(23)15-11-16(25-3)21(24)17(12-15)26-4/h7,9-13,20,23-24H,1,8H2,2-6H3/t13-,20-/m0/s1. The molecule has 0 radical (unpaired) electrons. The van der Waals surface area contributed by atoms with Gasteiger partial charge in [0.15, 0.2) is 23.0 Å². The first kappa shape index (κ1) is 22.2. The zero-order valence-corrected chi connectivity index (χ0v) is 17.4. The second-order valence-corrected chi connectivity index (χ2v) is 6.36. The van der Waals surface area contributed by atoms with Crippen LogP contribution < -0.4 is 23.7 Å². The molecule has 0 amide bonds. The van der Waals surface area contributed by atoms with Crippen LogP contribution in [0, 0.1) is 0 Å². The number of benzene rings is 2. The van der Waals surface area contributed by atoms with Gasteiger partial charge in [0.05, 0.1) is 28.4 Å². The van der Waals surface area contributed by atoms with Gasteiger partial charge < -0.3 is 33.9 Å². The smallest absolute Gasteiger partial charge is 0.203 e. The number of rotatable bonds is 10. The van der Waals surface area contributed by atoms with E-state index >= 15 is 0 Å². The molecule has 2 atom stereocenters. The minimum absolute atomic E-state index is 0.138. The summed E-state index contributed by atoms with van der Waals surface area (Å²) in [5.41, 5.74) is 1.42. The van der Waals surface area contributed by atoms with Crippen molar-refractivity contribution in [2.24, 2.45) is 0 Å². The summed E-state index contributed by atoms with van der Waals surface area (Å²) in [4.78, 5) is 0. The zero-order valence-electron chi connectivity index (χ0n) is 17.4. The highest BCUT2D eigenvalue weighted by atomic mass is 16.5.